The van der Waals surface area contributed by atoms with Gasteiger partial charge in [-0.05, 0) is 19.3 Å². The van der Waals surface area contributed by atoms with Gasteiger partial charge in [0.25, 0.3) is 0 Å². The Labute approximate surface area is 134 Å². The normalized spacial score (nSPS) is 14.9. The molecule has 1 N–H and O–H groups in total. The second-order valence-corrected chi connectivity index (χ2v) is 6.29. The predicted octanol–water partition coefficient (Wildman–Crippen LogP) is -0.574. The van der Waals surface area contributed by atoms with E-state index < -0.39 is 21.5 Å². The summed E-state index contributed by atoms with van der Waals surface area (Å²) in [5.74, 6) is 0. The first-order valence-electron chi connectivity index (χ1n) is 6.54. The largest absolute Gasteiger partial charge is 1.00 e. The molecule has 0 aliphatic carbocycles. The van der Waals surface area contributed by atoms with Gasteiger partial charge in [-0.2, -0.15) is 0 Å². The third-order valence-electron chi connectivity index (χ3n) is 2.94. The third kappa shape index (κ3) is 10.8. The molecule has 0 radical (unpaired) electrons. The molecule has 2 atom stereocenters. The Bertz CT molecular complexity index is 280. The molecule has 0 saturated carbocycles. The van der Waals surface area contributed by atoms with Crippen molar-refractivity contribution < 1.29 is 47.6 Å². The topological polar surface area (TPSA) is 77.4 Å². The van der Waals surface area contributed by atoms with Crippen molar-refractivity contribution in [2.24, 2.45) is 0 Å². The SMILES string of the molecule is CCCCCCC(CC(O)CCC)S(=O)(=O)[O-].[Na+]. The van der Waals surface area contributed by atoms with Gasteiger partial charge in [0.15, 0.2) is 0 Å². The van der Waals surface area contributed by atoms with Crippen LogP contribution in [0.4, 0.5) is 0 Å². The van der Waals surface area contributed by atoms with Crippen molar-refractivity contribution in [1.82, 2.24) is 0 Å². The maximum absolute atomic E-state index is 11.1. The smallest absolute Gasteiger partial charge is 0.748 e. The molecule has 4 nitrogen and oxygen atoms in total. The molecule has 0 heterocycles. The molecular weight excluding hydrogens is 263 g/mol. The maximum atomic E-state index is 11.1. The fraction of sp³-hybridized carbons (Fsp3) is 1.00. The quantitative estimate of drug-likeness (QED) is 0.332. The zero-order chi connectivity index (χ0) is 13.3. The van der Waals surface area contributed by atoms with Crippen molar-refractivity contribution in [2.75, 3.05) is 0 Å². The summed E-state index contributed by atoms with van der Waals surface area (Å²) in [6, 6.07) is 0. The van der Waals surface area contributed by atoms with Gasteiger partial charge in [-0.3, -0.25) is 0 Å². The summed E-state index contributed by atoms with van der Waals surface area (Å²) in [4.78, 5) is 0. The Kier molecular flexibility index (Phi) is 13.7. The molecule has 0 bridgehead atoms. The molecular formula is C12H25NaO4S. The average molecular weight is 288 g/mol. The van der Waals surface area contributed by atoms with Crippen LogP contribution in [0.2, 0.25) is 0 Å². The van der Waals surface area contributed by atoms with Crippen LogP contribution < -0.4 is 29.6 Å². The molecule has 0 fully saturated rings. The molecule has 0 saturated heterocycles. The molecule has 2 unspecified atom stereocenters. The fourth-order valence-electron chi connectivity index (χ4n) is 1.93. The first kappa shape index (κ1) is 21.2. The minimum absolute atomic E-state index is 0. The van der Waals surface area contributed by atoms with Gasteiger partial charge < -0.3 is 9.66 Å². The van der Waals surface area contributed by atoms with E-state index in [1.165, 1.54) is 0 Å². The molecule has 6 heteroatoms. The summed E-state index contributed by atoms with van der Waals surface area (Å²) in [5, 5.41) is 8.67. The van der Waals surface area contributed by atoms with Gasteiger partial charge in [-0.25, -0.2) is 8.42 Å². The third-order valence-corrected chi connectivity index (χ3v) is 4.19. The number of unbranched alkanes of at least 4 members (excludes halogenated alkanes) is 3. The predicted molar refractivity (Wildman–Crippen MR) is 67.8 cm³/mol. The zero-order valence-electron chi connectivity index (χ0n) is 11.9. The zero-order valence-corrected chi connectivity index (χ0v) is 14.7. The van der Waals surface area contributed by atoms with Crippen LogP contribution >= 0.6 is 0 Å². The number of rotatable bonds is 10. The Morgan fingerprint density at radius 3 is 2.11 bits per heavy atom. The van der Waals surface area contributed by atoms with Gasteiger partial charge in [0, 0.05) is 0 Å². The molecule has 0 aromatic heterocycles. The van der Waals surface area contributed by atoms with Crippen molar-refractivity contribution in [3.05, 3.63) is 0 Å². The summed E-state index contributed by atoms with van der Waals surface area (Å²) in [5.41, 5.74) is 0. The average Bonchev–Trinajstić information content (AvgIpc) is 2.21. The van der Waals surface area contributed by atoms with Crippen LogP contribution in [0.15, 0.2) is 0 Å². The Morgan fingerprint density at radius 1 is 1.06 bits per heavy atom. The molecule has 0 aliphatic heterocycles. The van der Waals surface area contributed by atoms with Crippen molar-refractivity contribution in [3.8, 4) is 0 Å². The maximum Gasteiger partial charge on any atom is 1.00 e. The molecule has 0 aromatic carbocycles. The van der Waals surface area contributed by atoms with E-state index in [1.807, 2.05) is 6.92 Å². The minimum Gasteiger partial charge on any atom is -0.748 e. The number of aliphatic hydroxyl groups excluding tert-OH is 1. The van der Waals surface area contributed by atoms with E-state index in [0.717, 1.165) is 32.1 Å². The number of hydrogen-bond donors (Lipinski definition) is 1. The molecule has 0 aromatic rings. The summed E-state index contributed by atoms with van der Waals surface area (Å²) in [6.07, 6.45) is 4.99. The Balaban J connectivity index is 0. The van der Waals surface area contributed by atoms with E-state index in [0.29, 0.717) is 12.8 Å². The van der Waals surface area contributed by atoms with E-state index in [9.17, 15) is 18.1 Å². The Hall–Kier alpha value is 0.870. The van der Waals surface area contributed by atoms with Gasteiger partial charge >= 0.3 is 29.6 Å². The molecule has 0 spiro atoms. The summed E-state index contributed by atoms with van der Waals surface area (Å²) < 4.78 is 33.2. The van der Waals surface area contributed by atoms with Crippen LogP contribution in [0.5, 0.6) is 0 Å². The standard InChI is InChI=1S/C12H26O4S.Na/c1-3-5-6-7-9-12(17(14,15)16)10-11(13)8-4-2;/h11-13H,3-10H2,1-2H3,(H,14,15,16);/q;+1/p-1. The van der Waals surface area contributed by atoms with E-state index in [4.69, 9.17) is 0 Å². The van der Waals surface area contributed by atoms with Crippen LogP contribution in [0.25, 0.3) is 0 Å². The van der Waals surface area contributed by atoms with Crippen LogP contribution in [0, 0.1) is 0 Å². The van der Waals surface area contributed by atoms with Gasteiger partial charge in [0.05, 0.1) is 21.5 Å². The molecule has 0 amide bonds. The molecule has 18 heavy (non-hydrogen) atoms. The Morgan fingerprint density at radius 2 is 1.67 bits per heavy atom. The van der Waals surface area contributed by atoms with E-state index >= 15 is 0 Å². The monoisotopic (exact) mass is 288 g/mol. The summed E-state index contributed by atoms with van der Waals surface area (Å²) in [7, 11) is -4.28. The van der Waals surface area contributed by atoms with Gasteiger partial charge in [0.2, 0.25) is 0 Å². The van der Waals surface area contributed by atoms with Crippen molar-refractivity contribution in [3.63, 3.8) is 0 Å². The van der Waals surface area contributed by atoms with Gasteiger partial charge in [-0.15, -0.1) is 0 Å². The first-order valence-corrected chi connectivity index (χ1v) is 8.01. The van der Waals surface area contributed by atoms with Crippen molar-refractivity contribution in [2.45, 2.75) is 76.6 Å². The van der Waals surface area contributed by atoms with Crippen LogP contribution in [0.3, 0.4) is 0 Å². The fourth-order valence-corrected chi connectivity index (χ4v) is 2.85. The number of aliphatic hydroxyl groups is 1. The van der Waals surface area contributed by atoms with E-state index in [1.54, 1.807) is 0 Å². The van der Waals surface area contributed by atoms with Crippen LogP contribution in [0.1, 0.15) is 65.2 Å². The van der Waals surface area contributed by atoms with Crippen molar-refractivity contribution >= 4 is 10.1 Å². The first-order chi connectivity index (χ1) is 7.91. The summed E-state index contributed by atoms with van der Waals surface area (Å²) >= 11 is 0. The molecule has 0 aliphatic rings. The molecule has 0 rings (SSSR count). The van der Waals surface area contributed by atoms with Crippen LogP contribution in [-0.2, 0) is 10.1 Å². The second-order valence-electron chi connectivity index (χ2n) is 4.64. The van der Waals surface area contributed by atoms with Crippen molar-refractivity contribution in [1.29, 1.82) is 0 Å². The number of hydrogen-bond acceptors (Lipinski definition) is 4. The second kappa shape index (κ2) is 11.7. The minimum atomic E-state index is -4.28. The van der Waals surface area contributed by atoms with E-state index in [-0.39, 0.29) is 36.0 Å². The van der Waals surface area contributed by atoms with Crippen LogP contribution in [-0.4, -0.2) is 29.4 Å². The van der Waals surface area contributed by atoms with E-state index in [2.05, 4.69) is 6.92 Å². The molecule has 104 valence electrons. The van der Waals surface area contributed by atoms with Gasteiger partial charge in [-0.1, -0.05) is 46.0 Å². The summed E-state index contributed by atoms with van der Waals surface area (Å²) in [6.45, 7) is 4.00. The van der Waals surface area contributed by atoms with Gasteiger partial charge in [0.1, 0.15) is 0 Å².